The minimum absolute atomic E-state index is 0.309. The third kappa shape index (κ3) is 5.49. The lowest BCUT2D eigenvalue weighted by Crippen LogP contribution is -2.37. The number of morpholine rings is 1. The van der Waals surface area contributed by atoms with Crippen molar-refractivity contribution in [1.82, 2.24) is 19.9 Å². The predicted octanol–water partition coefficient (Wildman–Crippen LogP) is 5.32. The first-order valence-electron chi connectivity index (χ1n) is 11.3. The van der Waals surface area contributed by atoms with E-state index in [-0.39, 0.29) is 5.82 Å². The lowest BCUT2D eigenvalue weighted by Gasteiger charge is -2.26. The number of aryl methyl sites for hydroxylation is 1. The second-order valence-corrected chi connectivity index (χ2v) is 9.35. The standard InChI is InChI=1S/C25H27FN6OS/c1-17-15-20-21(28-17)5-6-22(24(20)26)30-23-7-8-27-25(31-23)29-18-3-2-4-19(16-18)34-14-11-32-9-12-33-13-10-32/h2-8,15-16,28H,9-14H2,1H3,(H2,27,29,30,31). The number of hydrogen-bond acceptors (Lipinski definition) is 7. The van der Waals surface area contributed by atoms with E-state index < -0.39 is 0 Å². The van der Waals surface area contributed by atoms with Gasteiger partial charge in [0.1, 0.15) is 5.82 Å². The molecule has 0 bridgehead atoms. The van der Waals surface area contributed by atoms with Crippen LogP contribution in [0.3, 0.4) is 0 Å². The molecule has 7 nitrogen and oxygen atoms in total. The van der Waals surface area contributed by atoms with E-state index in [1.807, 2.05) is 36.9 Å². The molecule has 1 aliphatic heterocycles. The van der Waals surface area contributed by atoms with E-state index in [0.717, 1.165) is 55.5 Å². The van der Waals surface area contributed by atoms with E-state index >= 15 is 0 Å². The van der Waals surface area contributed by atoms with Gasteiger partial charge in [0.05, 0.1) is 18.9 Å². The summed E-state index contributed by atoms with van der Waals surface area (Å²) >= 11 is 1.83. The zero-order chi connectivity index (χ0) is 23.3. The average molecular weight is 479 g/mol. The first kappa shape index (κ1) is 22.6. The summed E-state index contributed by atoms with van der Waals surface area (Å²) < 4.78 is 20.3. The van der Waals surface area contributed by atoms with Gasteiger partial charge < -0.3 is 20.4 Å². The topological polar surface area (TPSA) is 78.1 Å². The summed E-state index contributed by atoms with van der Waals surface area (Å²) in [5.41, 5.74) is 2.97. The van der Waals surface area contributed by atoms with Gasteiger partial charge in [-0.15, -0.1) is 11.8 Å². The summed E-state index contributed by atoms with van der Waals surface area (Å²) in [4.78, 5) is 15.6. The second kappa shape index (κ2) is 10.4. The van der Waals surface area contributed by atoms with Crippen molar-refractivity contribution in [3.05, 3.63) is 66.2 Å². The third-order valence-corrected chi connectivity index (χ3v) is 6.63. The van der Waals surface area contributed by atoms with Crippen LogP contribution in [-0.4, -0.2) is 58.5 Å². The summed E-state index contributed by atoms with van der Waals surface area (Å²) in [6.07, 6.45) is 1.65. The molecule has 34 heavy (non-hydrogen) atoms. The number of thioether (sulfide) groups is 1. The molecule has 0 saturated carbocycles. The minimum Gasteiger partial charge on any atom is -0.379 e. The highest BCUT2D eigenvalue weighted by atomic mass is 32.2. The number of H-pyrrole nitrogens is 1. The fraction of sp³-hybridized carbons (Fsp3) is 0.280. The lowest BCUT2D eigenvalue weighted by atomic mass is 10.2. The molecule has 3 heterocycles. The number of ether oxygens (including phenoxy) is 1. The van der Waals surface area contributed by atoms with E-state index in [0.29, 0.717) is 22.8 Å². The van der Waals surface area contributed by atoms with Gasteiger partial charge in [-0.3, -0.25) is 4.90 Å². The summed E-state index contributed by atoms with van der Waals surface area (Å²) in [5, 5.41) is 6.88. The van der Waals surface area contributed by atoms with E-state index in [4.69, 9.17) is 4.74 Å². The maximum Gasteiger partial charge on any atom is 0.229 e. The Balaban J connectivity index is 1.22. The number of benzene rings is 2. The molecular formula is C25H27FN6OS. The molecule has 0 radical (unpaired) electrons. The van der Waals surface area contributed by atoms with Crippen LogP contribution >= 0.6 is 11.8 Å². The Kier molecular flexibility index (Phi) is 6.94. The minimum atomic E-state index is -0.309. The molecule has 1 saturated heterocycles. The average Bonchev–Trinajstić information content (AvgIpc) is 3.23. The molecule has 0 spiro atoms. The monoisotopic (exact) mass is 478 g/mol. The molecule has 2 aromatic carbocycles. The van der Waals surface area contributed by atoms with Crippen LogP contribution in [0.1, 0.15) is 5.69 Å². The molecule has 0 aliphatic carbocycles. The zero-order valence-corrected chi connectivity index (χ0v) is 19.8. The van der Waals surface area contributed by atoms with Crippen molar-refractivity contribution in [2.24, 2.45) is 0 Å². The number of hydrogen-bond donors (Lipinski definition) is 3. The van der Waals surface area contributed by atoms with Crippen LogP contribution in [0.5, 0.6) is 0 Å². The Hall–Kier alpha value is -3.14. The van der Waals surface area contributed by atoms with E-state index in [9.17, 15) is 4.39 Å². The van der Waals surface area contributed by atoms with Crippen LogP contribution in [0.25, 0.3) is 10.9 Å². The molecule has 1 aliphatic rings. The predicted molar refractivity (Wildman–Crippen MR) is 136 cm³/mol. The lowest BCUT2D eigenvalue weighted by molar-refractivity contribution is 0.0410. The molecule has 4 aromatic rings. The van der Waals surface area contributed by atoms with Gasteiger partial charge in [0.25, 0.3) is 0 Å². The fourth-order valence-electron chi connectivity index (χ4n) is 3.94. The van der Waals surface area contributed by atoms with E-state index in [1.54, 1.807) is 24.4 Å². The maximum atomic E-state index is 14.9. The molecule has 0 amide bonds. The van der Waals surface area contributed by atoms with Crippen molar-refractivity contribution < 1.29 is 9.13 Å². The second-order valence-electron chi connectivity index (χ2n) is 8.19. The molecule has 3 N–H and O–H groups in total. The quantitative estimate of drug-likeness (QED) is 0.296. The Morgan fingerprint density at radius 2 is 2.00 bits per heavy atom. The Morgan fingerprint density at radius 1 is 1.12 bits per heavy atom. The highest BCUT2D eigenvalue weighted by molar-refractivity contribution is 7.99. The SMILES string of the molecule is Cc1cc2c(F)c(Nc3ccnc(Nc4cccc(SCCN5CCOCC5)c4)n3)ccc2[nH]1. The van der Waals surface area contributed by atoms with Crippen molar-refractivity contribution in [2.45, 2.75) is 11.8 Å². The summed E-state index contributed by atoms with van der Waals surface area (Å²) in [7, 11) is 0. The van der Waals surface area contributed by atoms with E-state index in [1.165, 1.54) is 4.90 Å². The van der Waals surface area contributed by atoms with Gasteiger partial charge in [-0.2, -0.15) is 4.98 Å². The smallest absolute Gasteiger partial charge is 0.229 e. The number of aromatic amines is 1. The van der Waals surface area contributed by atoms with Crippen molar-refractivity contribution >= 4 is 45.8 Å². The summed E-state index contributed by atoms with van der Waals surface area (Å²) in [6, 6.07) is 15.3. The Labute approximate surface area is 202 Å². The molecule has 0 unspecified atom stereocenters. The van der Waals surface area contributed by atoms with Crippen LogP contribution in [0.2, 0.25) is 0 Å². The highest BCUT2D eigenvalue weighted by Crippen LogP contribution is 2.28. The van der Waals surface area contributed by atoms with Gasteiger partial charge in [0, 0.05) is 58.8 Å². The largest absolute Gasteiger partial charge is 0.379 e. The maximum absolute atomic E-state index is 14.9. The van der Waals surface area contributed by atoms with Crippen LogP contribution in [-0.2, 0) is 4.74 Å². The number of anilines is 4. The molecule has 9 heteroatoms. The van der Waals surface area contributed by atoms with Crippen molar-refractivity contribution in [3.63, 3.8) is 0 Å². The van der Waals surface area contributed by atoms with Gasteiger partial charge in [0.2, 0.25) is 5.95 Å². The molecule has 176 valence electrons. The normalized spacial score (nSPS) is 14.4. The van der Waals surface area contributed by atoms with Crippen LogP contribution in [0, 0.1) is 12.7 Å². The van der Waals surface area contributed by atoms with Crippen molar-refractivity contribution in [2.75, 3.05) is 49.2 Å². The first-order valence-corrected chi connectivity index (χ1v) is 12.3. The number of aromatic nitrogens is 3. The van der Waals surface area contributed by atoms with Gasteiger partial charge in [-0.1, -0.05) is 6.07 Å². The van der Waals surface area contributed by atoms with E-state index in [2.05, 4.69) is 42.6 Å². The number of nitrogens with one attached hydrogen (secondary N) is 3. The molecular weight excluding hydrogens is 451 g/mol. The van der Waals surface area contributed by atoms with Gasteiger partial charge >= 0.3 is 0 Å². The summed E-state index contributed by atoms with van der Waals surface area (Å²) in [6.45, 7) is 6.62. The van der Waals surface area contributed by atoms with Crippen molar-refractivity contribution in [1.29, 1.82) is 0 Å². The number of fused-ring (bicyclic) bond motifs is 1. The number of nitrogens with zero attached hydrogens (tertiary/aromatic N) is 3. The summed E-state index contributed by atoms with van der Waals surface area (Å²) in [5.74, 6) is 1.67. The number of halogens is 1. The van der Waals surface area contributed by atoms with Gasteiger partial charge in [-0.05, 0) is 49.4 Å². The van der Waals surface area contributed by atoms with Crippen LogP contribution in [0.15, 0.2) is 59.6 Å². The molecule has 1 fully saturated rings. The van der Waals surface area contributed by atoms with Crippen LogP contribution in [0.4, 0.5) is 27.5 Å². The van der Waals surface area contributed by atoms with Gasteiger partial charge in [0.15, 0.2) is 5.82 Å². The van der Waals surface area contributed by atoms with Crippen LogP contribution < -0.4 is 10.6 Å². The highest BCUT2D eigenvalue weighted by Gasteiger charge is 2.12. The molecule has 0 atom stereocenters. The Bertz CT molecular complexity index is 1270. The van der Waals surface area contributed by atoms with Crippen molar-refractivity contribution in [3.8, 4) is 0 Å². The number of rotatable bonds is 8. The third-order valence-electron chi connectivity index (χ3n) is 5.66. The van der Waals surface area contributed by atoms with Gasteiger partial charge in [-0.25, -0.2) is 9.37 Å². The Morgan fingerprint density at radius 3 is 2.88 bits per heavy atom. The molecule has 5 rings (SSSR count). The first-order chi connectivity index (χ1) is 16.6. The zero-order valence-electron chi connectivity index (χ0n) is 19.0. The molecule has 2 aromatic heterocycles. The fourth-order valence-corrected chi connectivity index (χ4v) is 4.91.